The molecule has 1 aromatic rings. The summed E-state index contributed by atoms with van der Waals surface area (Å²) < 4.78 is 19.2. The van der Waals surface area contributed by atoms with Crippen LogP contribution in [-0.4, -0.2) is 43.8 Å². The zero-order valence-electron chi connectivity index (χ0n) is 6.75. The minimum atomic E-state index is -2.07. The van der Waals surface area contributed by atoms with E-state index in [9.17, 15) is 4.21 Å². The van der Waals surface area contributed by atoms with Gasteiger partial charge in [-0.15, -0.1) is 0 Å². The van der Waals surface area contributed by atoms with Crippen LogP contribution in [0.5, 0.6) is 0 Å². The van der Waals surface area contributed by atoms with Gasteiger partial charge in [0.15, 0.2) is 11.1 Å². The summed E-state index contributed by atoms with van der Waals surface area (Å²) in [5.41, 5.74) is 0. The van der Waals surface area contributed by atoms with Crippen molar-refractivity contribution in [2.75, 3.05) is 0 Å². The SMILES string of the molecule is O.O=S(O)c1cc(Cl)ccc1Cl.[Na]. The van der Waals surface area contributed by atoms with E-state index in [4.69, 9.17) is 27.8 Å². The van der Waals surface area contributed by atoms with Crippen LogP contribution in [0.1, 0.15) is 0 Å². The summed E-state index contributed by atoms with van der Waals surface area (Å²) in [6, 6.07) is 4.40. The van der Waals surface area contributed by atoms with E-state index in [0.717, 1.165) is 0 Å². The molecule has 1 aromatic carbocycles. The molecule has 0 fully saturated rings. The van der Waals surface area contributed by atoms with Crippen molar-refractivity contribution in [3.05, 3.63) is 28.2 Å². The molecule has 1 rings (SSSR count). The summed E-state index contributed by atoms with van der Waals surface area (Å²) in [6.07, 6.45) is 0. The molecule has 0 aliphatic carbocycles. The Morgan fingerprint density at radius 1 is 1.31 bits per heavy atom. The van der Waals surface area contributed by atoms with Crippen molar-refractivity contribution < 1.29 is 14.2 Å². The van der Waals surface area contributed by atoms with E-state index in [1.165, 1.54) is 12.1 Å². The summed E-state index contributed by atoms with van der Waals surface area (Å²) in [4.78, 5) is 0.138. The second-order valence-electron chi connectivity index (χ2n) is 1.82. The first-order chi connectivity index (χ1) is 5.11. The van der Waals surface area contributed by atoms with E-state index in [2.05, 4.69) is 0 Å². The van der Waals surface area contributed by atoms with E-state index in [1.807, 2.05) is 0 Å². The molecule has 7 heteroatoms. The van der Waals surface area contributed by atoms with Gasteiger partial charge < -0.3 is 10.0 Å². The van der Waals surface area contributed by atoms with Crippen LogP contribution in [0.4, 0.5) is 0 Å². The van der Waals surface area contributed by atoms with E-state index >= 15 is 0 Å². The minimum Gasteiger partial charge on any atom is -0.412 e. The molecule has 0 heterocycles. The van der Waals surface area contributed by atoms with Gasteiger partial charge in [-0.3, -0.25) is 0 Å². The van der Waals surface area contributed by atoms with Crippen LogP contribution in [0.2, 0.25) is 10.0 Å². The summed E-state index contributed by atoms with van der Waals surface area (Å²) in [6.45, 7) is 0. The van der Waals surface area contributed by atoms with Crippen LogP contribution in [0.25, 0.3) is 0 Å². The van der Waals surface area contributed by atoms with Crippen LogP contribution < -0.4 is 0 Å². The molecule has 1 radical (unpaired) electrons. The smallest absolute Gasteiger partial charge is 0.188 e. The maximum Gasteiger partial charge on any atom is 0.188 e. The van der Waals surface area contributed by atoms with Crippen LogP contribution in [-0.2, 0) is 11.1 Å². The molecule has 1 unspecified atom stereocenters. The van der Waals surface area contributed by atoms with Crippen molar-refractivity contribution >= 4 is 63.8 Å². The predicted octanol–water partition coefficient (Wildman–Crippen LogP) is 1.37. The fourth-order valence-electron chi connectivity index (χ4n) is 0.611. The fourth-order valence-corrected chi connectivity index (χ4v) is 1.63. The molecule has 69 valence electrons. The zero-order chi connectivity index (χ0) is 8.43. The van der Waals surface area contributed by atoms with Crippen molar-refractivity contribution in [2.24, 2.45) is 0 Å². The van der Waals surface area contributed by atoms with E-state index in [1.54, 1.807) is 6.07 Å². The average molecular weight is 252 g/mol. The number of hydrogen-bond acceptors (Lipinski definition) is 1. The maximum absolute atomic E-state index is 10.5. The first kappa shape index (κ1) is 16.3. The van der Waals surface area contributed by atoms with Gasteiger partial charge in [0.05, 0.1) is 9.92 Å². The van der Waals surface area contributed by atoms with Crippen LogP contribution in [0.15, 0.2) is 23.1 Å². The second-order valence-corrected chi connectivity index (χ2v) is 3.61. The van der Waals surface area contributed by atoms with Crippen molar-refractivity contribution in [1.29, 1.82) is 0 Å². The molecule has 0 saturated carbocycles. The van der Waals surface area contributed by atoms with Gasteiger partial charge in [0.25, 0.3) is 0 Å². The maximum atomic E-state index is 10.5. The predicted molar refractivity (Wildman–Crippen MR) is 54.9 cm³/mol. The molecule has 0 aliphatic heterocycles. The van der Waals surface area contributed by atoms with Gasteiger partial charge in [0, 0.05) is 34.6 Å². The van der Waals surface area contributed by atoms with Crippen molar-refractivity contribution in [1.82, 2.24) is 0 Å². The van der Waals surface area contributed by atoms with E-state index in [-0.39, 0.29) is 45.0 Å². The van der Waals surface area contributed by atoms with Crippen LogP contribution >= 0.6 is 23.2 Å². The molecular weight excluding hydrogens is 246 g/mol. The Morgan fingerprint density at radius 3 is 2.23 bits per heavy atom. The summed E-state index contributed by atoms with van der Waals surface area (Å²) in [5, 5.41) is 0.641. The normalized spacial score (nSPS) is 11.0. The quantitative estimate of drug-likeness (QED) is 0.605. The third kappa shape index (κ3) is 4.76. The van der Waals surface area contributed by atoms with Gasteiger partial charge >= 0.3 is 0 Å². The van der Waals surface area contributed by atoms with Gasteiger partial charge in [-0.25, -0.2) is 4.21 Å². The number of halogens is 2. The van der Waals surface area contributed by atoms with Crippen molar-refractivity contribution in [3.8, 4) is 0 Å². The number of benzene rings is 1. The standard InChI is InChI=1S/C6H4Cl2O2S.Na.H2O/c7-4-1-2-5(8)6(3-4)11(9)10;;/h1-3H,(H,9,10);;1H2. The zero-order valence-corrected chi connectivity index (χ0v) is 11.1. The Bertz CT molecular complexity index is 308. The third-order valence-corrected chi connectivity index (χ3v) is 2.47. The summed E-state index contributed by atoms with van der Waals surface area (Å²) in [5.74, 6) is 0. The first-order valence-corrected chi connectivity index (χ1v) is 4.53. The number of rotatable bonds is 1. The molecular formula is C6H6Cl2NaO3S. The summed E-state index contributed by atoms with van der Waals surface area (Å²) >= 11 is 9.07. The van der Waals surface area contributed by atoms with Crippen LogP contribution in [0, 0.1) is 0 Å². The fraction of sp³-hybridized carbons (Fsp3) is 0. The molecule has 3 nitrogen and oxygen atoms in total. The van der Waals surface area contributed by atoms with Gasteiger partial charge in [-0.2, -0.15) is 0 Å². The second kappa shape index (κ2) is 7.20. The van der Waals surface area contributed by atoms with E-state index < -0.39 is 11.1 Å². The Labute approximate surface area is 110 Å². The Kier molecular flexibility index (Phi) is 9.03. The largest absolute Gasteiger partial charge is 0.412 e. The number of hydrogen-bond donors (Lipinski definition) is 1. The molecule has 0 aromatic heterocycles. The third-order valence-electron chi connectivity index (χ3n) is 1.08. The molecule has 0 saturated heterocycles. The molecule has 0 spiro atoms. The Hall–Kier alpha value is 0.870. The van der Waals surface area contributed by atoms with Crippen molar-refractivity contribution in [2.45, 2.75) is 4.90 Å². The molecule has 0 bridgehead atoms. The Morgan fingerprint density at radius 2 is 1.85 bits per heavy atom. The molecule has 0 amide bonds. The minimum absolute atomic E-state index is 0. The average Bonchev–Trinajstić information content (AvgIpc) is 1.94. The monoisotopic (exact) mass is 251 g/mol. The molecule has 3 N–H and O–H groups in total. The van der Waals surface area contributed by atoms with Crippen LogP contribution in [0.3, 0.4) is 0 Å². The van der Waals surface area contributed by atoms with Gasteiger partial charge in [-0.1, -0.05) is 23.2 Å². The summed E-state index contributed by atoms with van der Waals surface area (Å²) in [7, 11) is 0. The molecule has 0 aliphatic rings. The van der Waals surface area contributed by atoms with E-state index in [0.29, 0.717) is 5.02 Å². The van der Waals surface area contributed by atoms with Gasteiger partial charge in [0.2, 0.25) is 0 Å². The topological polar surface area (TPSA) is 68.8 Å². The van der Waals surface area contributed by atoms with Gasteiger partial charge in [0.1, 0.15) is 0 Å². The molecule has 13 heavy (non-hydrogen) atoms. The first-order valence-electron chi connectivity index (χ1n) is 2.67. The van der Waals surface area contributed by atoms with Gasteiger partial charge in [-0.05, 0) is 18.2 Å². The molecule has 1 atom stereocenters. The Balaban J connectivity index is 0. The van der Waals surface area contributed by atoms with Crippen molar-refractivity contribution in [3.63, 3.8) is 0 Å².